The van der Waals surface area contributed by atoms with Crippen LogP contribution in [0.25, 0.3) is 0 Å². The fourth-order valence-corrected chi connectivity index (χ4v) is 20.2. The minimum atomic E-state index is -5.58. The summed E-state index contributed by atoms with van der Waals surface area (Å²) < 4.78 is 481. The zero-order chi connectivity index (χ0) is 110. The average Bonchev–Trinajstić information content (AvgIpc) is 0.835. The van der Waals surface area contributed by atoms with Crippen LogP contribution in [-0.4, -0.2) is 377 Å². The van der Waals surface area contributed by atoms with Crippen LogP contribution < -0.4 is 0 Å². The standard InChI is InChI=1S/C77H91F21O42S7/c1-22(99)113-50-43-36(15-141-71(78,79)80)127-64(57(50)120-29(8)106)135-44-37(16-142-72(81,82)83)129-66(59(122-31(10)108)51(44)114-23(2)100)137-46-39(18-144-74(87,88)89)131-68(61(124-33(12)110)53(46)116-25(4)102)139-48-41(20-146-76(93,94)95)133-70(63(126-35(14)112)55(48)118-27(6)104)140-49-42(21-147-77(96,97)98)132-69(62(125-34(13)111)56(49)119-28(7)105)138-47-40(19-145-75(90,91)92)130-67(60(123-32(11)109)54(47)117-26(5)103)136-45-38(17-143-73(84,85)86)128-65(134-43)58(121-30(9)107)52(45)115-24(3)101/h36-70H,15-21H2,1-14H3. The van der Waals surface area contributed by atoms with Gasteiger partial charge in [-0.2, -0.15) is 92.2 Å². The summed E-state index contributed by atoms with van der Waals surface area (Å²) in [6.45, 7) is 6.68. The van der Waals surface area contributed by atoms with Crippen molar-refractivity contribution >= 4 is 166 Å². The Morgan fingerprint density at radius 3 is 0.313 bits per heavy atom. The summed E-state index contributed by atoms with van der Waals surface area (Å²) in [4.78, 5) is 193. The number of rotatable bonds is 28. The van der Waals surface area contributed by atoms with E-state index in [1.165, 1.54) is 0 Å². The molecule has 21 heterocycles. The second kappa shape index (κ2) is 52.8. The molecule has 0 aromatic rings. The van der Waals surface area contributed by atoms with Gasteiger partial charge in [0.05, 0.1) is 0 Å². The molecular weight excluding hydrogens is 2220 g/mol. The molecule has 21 fully saturated rings. The summed E-state index contributed by atoms with van der Waals surface area (Å²) >= 11 is -8.16. The Kier molecular flexibility index (Phi) is 44.9. The lowest BCUT2D eigenvalue weighted by Gasteiger charge is -2.52. The van der Waals surface area contributed by atoms with E-state index in [0.29, 0.717) is 96.9 Å². The molecule has 0 aromatic heterocycles. The van der Waals surface area contributed by atoms with Crippen molar-refractivity contribution in [3.8, 4) is 0 Å². The average molecular weight is 2310 g/mol. The molecule has 0 N–H and O–H groups in total. The second-order valence-electron chi connectivity index (χ2n) is 31.8. The molecule has 840 valence electrons. The van der Waals surface area contributed by atoms with Crippen molar-refractivity contribution in [2.75, 3.05) is 40.3 Å². The van der Waals surface area contributed by atoms with Gasteiger partial charge < -0.3 is 133 Å². The van der Waals surface area contributed by atoms with Crippen molar-refractivity contribution in [3.63, 3.8) is 0 Å². The van der Waals surface area contributed by atoms with Crippen molar-refractivity contribution < 1.29 is 292 Å². The highest BCUT2D eigenvalue weighted by Gasteiger charge is 2.67. The predicted octanol–water partition coefficient (Wildman–Crippen LogP) is 8.59. The molecule has 21 aliphatic rings. The Balaban J connectivity index is 1.55. The molecule has 0 saturated carbocycles. The van der Waals surface area contributed by atoms with E-state index in [9.17, 15) is 67.1 Å². The predicted molar refractivity (Wildman–Crippen MR) is 442 cm³/mol. The van der Waals surface area contributed by atoms with Crippen molar-refractivity contribution in [3.05, 3.63) is 0 Å². The Bertz CT molecular complexity index is 3770. The van der Waals surface area contributed by atoms with Gasteiger partial charge in [-0.25, -0.2) is 0 Å². The molecular formula is C77H91F21O42S7. The zero-order valence-electron chi connectivity index (χ0n) is 77.6. The van der Waals surface area contributed by atoms with E-state index in [4.69, 9.17) is 133 Å². The number of thioether (sulfide) groups is 7. The first-order chi connectivity index (χ1) is 67.7. The Morgan fingerprint density at radius 2 is 0.238 bits per heavy atom. The monoisotopic (exact) mass is 2310 g/mol. The summed E-state index contributed by atoms with van der Waals surface area (Å²) in [5, 5.41) is 0. The lowest BCUT2D eigenvalue weighted by molar-refractivity contribution is -0.389. The molecule has 21 rings (SSSR count). The topological polar surface area (TPSA) is 497 Å². The third kappa shape index (κ3) is 38.9. The number of alkyl halides is 21. The lowest BCUT2D eigenvalue weighted by atomic mass is 9.95. The first kappa shape index (κ1) is 125. The number of hydrogen-bond acceptors (Lipinski definition) is 49. The highest BCUT2D eigenvalue weighted by Crippen LogP contribution is 2.50. The lowest BCUT2D eigenvalue weighted by Crippen LogP contribution is -2.70. The van der Waals surface area contributed by atoms with E-state index in [2.05, 4.69) is 0 Å². The number of halogens is 21. The Morgan fingerprint density at radius 1 is 0.156 bits per heavy atom. The first-order valence-electron chi connectivity index (χ1n) is 42.2. The molecule has 35 atom stereocenters. The van der Waals surface area contributed by atoms with Gasteiger partial charge in [0.15, 0.2) is 129 Å². The second-order valence-corrected chi connectivity index (χ2v) is 39.4. The molecule has 0 spiro atoms. The van der Waals surface area contributed by atoms with Crippen LogP contribution in [0.15, 0.2) is 0 Å². The maximum Gasteiger partial charge on any atom is 0.441 e. The van der Waals surface area contributed by atoms with Gasteiger partial charge in [0.1, 0.15) is 85.5 Å². The number of ether oxygens (including phenoxy) is 28. The van der Waals surface area contributed by atoms with Gasteiger partial charge in [-0.1, -0.05) is 0 Å². The maximum absolute atomic E-state index is 15.1. The third-order valence-corrected chi connectivity index (χ3v) is 26.0. The van der Waals surface area contributed by atoms with Gasteiger partial charge in [-0.05, 0) is 82.3 Å². The minimum Gasteiger partial charge on any atom is -0.455 e. The molecule has 14 bridgehead atoms. The normalized spacial score (nSPS) is 34.8. The molecule has 70 heteroatoms. The fourth-order valence-electron chi connectivity index (χ4n) is 15.8. The molecule has 42 nitrogen and oxygen atoms in total. The van der Waals surface area contributed by atoms with E-state index in [-0.39, 0.29) is 0 Å². The summed E-state index contributed by atoms with van der Waals surface area (Å²) in [6.07, 6.45) is -103. The molecule has 0 aromatic carbocycles. The maximum atomic E-state index is 15.1. The Labute approximate surface area is 844 Å². The van der Waals surface area contributed by atoms with Crippen LogP contribution in [0.3, 0.4) is 0 Å². The van der Waals surface area contributed by atoms with E-state index >= 15 is 92.2 Å². The minimum absolute atomic E-state index is 0.473. The van der Waals surface area contributed by atoms with Gasteiger partial charge in [-0.15, -0.1) is 0 Å². The van der Waals surface area contributed by atoms with E-state index in [1.807, 2.05) is 0 Å². The van der Waals surface area contributed by atoms with Crippen LogP contribution in [0.5, 0.6) is 0 Å². The van der Waals surface area contributed by atoms with Crippen LogP contribution >= 0.6 is 82.3 Å². The van der Waals surface area contributed by atoms with E-state index < -0.39 is 460 Å². The molecule has 0 radical (unpaired) electrons. The van der Waals surface area contributed by atoms with Crippen LogP contribution in [0.2, 0.25) is 0 Å². The smallest absolute Gasteiger partial charge is 0.441 e. The Hall–Kier alpha value is -7.00. The van der Waals surface area contributed by atoms with E-state index in [0.717, 1.165) is 0 Å². The molecule has 0 amide bonds. The van der Waals surface area contributed by atoms with Crippen LogP contribution in [0, 0.1) is 0 Å². The number of hydrogen-bond donors (Lipinski definition) is 0. The van der Waals surface area contributed by atoms with Crippen LogP contribution in [0.1, 0.15) is 96.9 Å². The molecule has 21 saturated heterocycles. The number of carbonyl (C=O) groups excluding carboxylic acids is 14. The van der Waals surface area contributed by atoms with Crippen molar-refractivity contribution in [2.24, 2.45) is 0 Å². The molecule has 0 aliphatic carbocycles. The van der Waals surface area contributed by atoms with Gasteiger partial charge in [0, 0.05) is 137 Å². The van der Waals surface area contributed by atoms with Crippen molar-refractivity contribution in [1.29, 1.82) is 0 Å². The number of carbonyl (C=O) groups is 14. The zero-order valence-corrected chi connectivity index (χ0v) is 83.3. The third-order valence-electron chi connectivity index (χ3n) is 20.3. The number of esters is 14. The summed E-state index contributed by atoms with van der Waals surface area (Å²) in [5.41, 5.74) is -39.0. The first-order valence-corrected chi connectivity index (χ1v) is 49.1. The SMILES string of the molecule is CC(=O)OC1C2OC(CSC(F)(F)F)C(OC3OC(CSC(F)(F)F)C(OC4OC(CSC(F)(F)F)C(OC5OC(CSC(F)(F)F)C(OC6OC(CSC(F)(F)F)C(OC7OC(CSC(F)(F)F)C(OC8OC(CSC(F)(F)F)C(O2)C(OC(C)=O)C8OC(C)=O)C(OC(C)=O)C7OC(C)=O)C(OC(C)=O)C6OC(C)=O)C(OC(C)=O)C5OC(C)=O)C(OC(C)=O)C4OC(C)=O)C(OC(C)=O)C3OC(C)=O)C1OC(C)=O. The van der Waals surface area contributed by atoms with Crippen molar-refractivity contribution in [2.45, 2.75) is 350 Å². The van der Waals surface area contributed by atoms with Gasteiger partial charge in [0.2, 0.25) is 0 Å². The quantitative estimate of drug-likeness (QED) is 0.0402. The molecule has 147 heavy (non-hydrogen) atoms. The highest BCUT2D eigenvalue weighted by molar-refractivity contribution is 8.01. The fraction of sp³-hybridized carbons (Fsp3) is 0.818. The van der Waals surface area contributed by atoms with Crippen LogP contribution in [0.4, 0.5) is 92.2 Å². The van der Waals surface area contributed by atoms with Gasteiger partial charge >= 0.3 is 122 Å². The summed E-state index contributed by atoms with van der Waals surface area (Å²) in [5.74, 6) is -36.3. The van der Waals surface area contributed by atoms with Gasteiger partial charge in [0.25, 0.3) is 0 Å². The van der Waals surface area contributed by atoms with Gasteiger partial charge in [-0.3, -0.25) is 67.1 Å². The summed E-state index contributed by atoms with van der Waals surface area (Å²) in [7, 11) is 0. The van der Waals surface area contributed by atoms with Crippen molar-refractivity contribution in [1.82, 2.24) is 0 Å². The van der Waals surface area contributed by atoms with Crippen LogP contribution in [-0.2, 0) is 200 Å². The largest absolute Gasteiger partial charge is 0.455 e. The van der Waals surface area contributed by atoms with E-state index in [1.54, 1.807) is 0 Å². The highest BCUT2D eigenvalue weighted by atomic mass is 32.2. The summed E-state index contributed by atoms with van der Waals surface area (Å²) in [6, 6.07) is 0. The molecule has 35 unspecified atom stereocenters. The molecule has 21 aliphatic heterocycles.